The van der Waals surface area contributed by atoms with E-state index in [1.54, 1.807) is 0 Å². The van der Waals surface area contributed by atoms with E-state index in [9.17, 15) is 4.79 Å². The highest BCUT2D eigenvalue weighted by molar-refractivity contribution is 5.98. The fourth-order valence-corrected chi connectivity index (χ4v) is 2.78. The number of hydrogen-bond acceptors (Lipinski definition) is 3. The molecule has 5 nitrogen and oxygen atoms in total. The second-order valence-corrected chi connectivity index (χ2v) is 5.43. The summed E-state index contributed by atoms with van der Waals surface area (Å²) in [5.41, 5.74) is 5.23. The van der Waals surface area contributed by atoms with Crippen molar-refractivity contribution in [2.24, 2.45) is 0 Å². The lowest BCUT2D eigenvalue weighted by Crippen LogP contribution is -2.24. The summed E-state index contributed by atoms with van der Waals surface area (Å²) in [4.78, 5) is 13.8. The highest BCUT2D eigenvalue weighted by Crippen LogP contribution is 2.29. The molecule has 2 N–H and O–H groups in total. The number of aromatic nitrogens is 2. The van der Waals surface area contributed by atoms with Crippen molar-refractivity contribution < 1.29 is 4.79 Å². The lowest BCUT2D eigenvalue weighted by Gasteiger charge is -2.20. The van der Waals surface area contributed by atoms with E-state index >= 15 is 0 Å². The van der Waals surface area contributed by atoms with Gasteiger partial charge in [0.1, 0.15) is 0 Å². The summed E-state index contributed by atoms with van der Waals surface area (Å²) in [7, 11) is 0. The molecule has 1 aromatic heterocycles. The normalized spacial score (nSPS) is 14.8. The van der Waals surface area contributed by atoms with Gasteiger partial charge in [-0.1, -0.05) is 12.1 Å². The summed E-state index contributed by atoms with van der Waals surface area (Å²) in [5, 5.41) is 10.6. The molecule has 2 heterocycles. The van der Waals surface area contributed by atoms with Crippen LogP contribution >= 0.6 is 0 Å². The van der Waals surface area contributed by atoms with Gasteiger partial charge in [0.05, 0.1) is 17.1 Å². The maximum absolute atomic E-state index is 12.0. The molecule has 1 saturated heterocycles. The Morgan fingerprint density at radius 3 is 2.81 bits per heavy atom. The minimum absolute atomic E-state index is 0.208. The molecule has 0 bridgehead atoms. The zero-order valence-corrected chi connectivity index (χ0v) is 12.4. The maximum Gasteiger partial charge on any atom is 0.227 e. The molecule has 5 heteroatoms. The van der Waals surface area contributed by atoms with Crippen molar-refractivity contribution in [2.45, 2.75) is 33.2 Å². The number of aromatic amines is 1. The standard InChI is InChI=1S/C16H20N4O/c1-11-13(12(2)19-18-11)10-17-14-6-3-4-7-15(14)20-9-5-8-16(20)21/h3-4,6-7,17H,5,8-10H2,1-2H3,(H,18,19). The fourth-order valence-electron chi connectivity index (χ4n) is 2.78. The summed E-state index contributed by atoms with van der Waals surface area (Å²) in [6.07, 6.45) is 1.58. The van der Waals surface area contributed by atoms with Crippen LogP contribution in [0.3, 0.4) is 0 Å². The SMILES string of the molecule is Cc1n[nH]c(C)c1CNc1ccccc1N1CCCC1=O. The van der Waals surface area contributed by atoms with Gasteiger partial charge in [-0.05, 0) is 32.4 Å². The van der Waals surface area contributed by atoms with Crippen molar-refractivity contribution in [3.05, 3.63) is 41.2 Å². The topological polar surface area (TPSA) is 61.0 Å². The summed E-state index contributed by atoms with van der Waals surface area (Å²) in [6.45, 7) is 5.53. The molecule has 0 spiro atoms. The quantitative estimate of drug-likeness (QED) is 0.907. The van der Waals surface area contributed by atoms with Gasteiger partial charge in [0.25, 0.3) is 0 Å². The van der Waals surface area contributed by atoms with Gasteiger partial charge in [0.15, 0.2) is 0 Å². The average molecular weight is 284 g/mol. The number of benzene rings is 1. The van der Waals surface area contributed by atoms with Gasteiger partial charge in [0.2, 0.25) is 5.91 Å². The van der Waals surface area contributed by atoms with Crippen LogP contribution in [0.5, 0.6) is 0 Å². The van der Waals surface area contributed by atoms with E-state index in [1.165, 1.54) is 5.56 Å². The molecule has 21 heavy (non-hydrogen) atoms. The number of carbonyl (C=O) groups excluding carboxylic acids is 1. The van der Waals surface area contributed by atoms with Crippen LogP contribution in [-0.4, -0.2) is 22.6 Å². The van der Waals surface area contributed by atoms with E-state index in [-0.39, 0.29) is 5.91 Å². The molecular formula is C16H20N4O. The van der Waals surface area contributed by atoms with Crippen LogP contribution in [0.1, 0.15) is 29.8 Å². The van der Waals surface area contributed by atoms with Crippen molar-refractivity contribution in [1.82, 2.24) is 10.2 Å². The predicted molar refractivity (Wildman–Crippen MR) is 83.4 cm³/mol. The molecule has 0 aliphatic carbocycles. The molecule has 0 atom stereocenters. The molecule has 110 valence electrons. The maximum atomic E-state index is 12.0. The molecule has 2 aromatic rings. The van der Waals surface area contributed by atoms with E-state index < -0.39 is 0 Å². The second kappa shape index (κ2) is 5.60. The Hall–Kier alpha value is -2.30. The fraction of sp³-hybridized carbons (Fsp3) is 0.375. The zero-order chi connectivity index (χ0) is 14.8. The van der Waals surface area contributed by atoms with Crippen molar-refractivity contribution in [3.8, 4) is 0 Å². The van der Waals surface area contributed by atoms with Gasteiger partial charge in [-0.25, -0.2) is 0 Å². The van der Waals surface area contributed by atoms with E-state index in [0.29, 0.717) is 13.0 Å². The monoisotopic (exact) mass is 284 g/mol. The summed E-state index contributed by atoms with van der Waals surface area (Å²) >= 11 is 0. The minimum atomic E-state index is 0.208. The van der Waals surface area contributed by atoms with Crippen molar-refractivity contribution in [3.63, 3.8) is 0 Å². The minimum Gasteiger partial charge on any atom is -0.379 e. The van der Waals surface area contributed by atoms with Crippen molar-refractivity contribution in [1.29, 1.82) is 0 Å². The number of anilines is 2. The highest BCUT2D eigenvalue weighted by Gasteiger charge is 2.23. The van der Waals surface area contributed by atoms with Crippen LogP contribution in [0.25, 0.3) is 0 Å². The molecule has 0 unspecified atom stereocenters. The molecule has 0 saturated carbocycles. The van der Waals surface area contributed by atoms with Crippen LogP contribution in [0, 0.1) is 13.8 Å². The average Bonchev–Trinajstić information content (AvgIpc) is 3.04. The molecular weight excluding hydrogens is 264 g/mol. The lowest BCUT2D eigenvalue weighted by atomic mass is 10.2. The molecule has 1 aliphatic rings. The first-order valence-electron chi connectivity index (χ1n) is 7.30. The van der Waals surface area contributed by atoms with Crippen molar-refractivity contribution in [2.75, 3.05) is 16.8 Å². The molecule has 0 radical (unpaired) electrons. The lowest BCUT2D eigenvalue weighted by molar-refractivity contribution is -0.117. The smallest absolute Gasteiger partial charge is 0.227 e. The number of aryl methyl sites for hydroxylation is 2. The van der Waals surface area contributed by atoms with Crippen LogP contribution in [0.4, 0.5) is 11.4 Å². The van der Waals surface area contributed by atoms with E-state index in [0.717, 1.165) is 35.7 Å². The third-order valence-corrected chi connectivity index (χ3v) is 4.00. The van der Waals surface area contributed by atoms with Crippen LogP contribution in [-0.2, 0) is 11.3 Å². The summed E-state index contributed by atoms with van der Waals surface area (Å²) < 4.78 is 0. The number of nitrogens with one attached hydrogen (secondary N) is 2. The molecule has 1 amide bonds. The third kappa shape index (κ3) is 2.63. The van der Waals surface area contributed by atoms with Gasteiger partial charge in [-0.3, -0.25) is 9.89 Å². The molecule has 1 aliphatic heterocycles. The number of hydrogen-bond donors (Lipinski definition) is 2. The van der Waals surface area contributed by atoms with Gasteiger partial charge >= 0.3 is 0 Å². The Labute approximate surface area is 124 Å². The number of amides is 1. The van der Waals surface area contributed by atoms with E-state index in [1.807, 2.05) is 43.0 Å². The summed E-state index contributed by atoms with van der Waals surface area (Å²) in [5.74, 6) is 0.208. The Morgan fingerprint density at radius 1 is 1.33 bits per heavy atom. The van der Waals surface area contributed by atoms with Gasteiger partial charge in [-0.15, -0.1) is 0 Å². The molecule has 1 fully saturated rings. The van der Waals surface area contributed by atoms with Crippen molar-refractivity contribution >= 4 is 17.3 Å². The predicted octanol–water partition coefficient (Wildman–Crippen LogP) is 2.77. The first-order chi connectivity index (χ1) is 10.2. The second-order valence-electron chi connectivity index (χ2n) is 5.43. The Kier molecular flexibility index (Phi) is 3.64. The third-order valence-electron chi connectivity index (χ3n) is 4.00. The zero-order valence-electron chi connectivity index (χ0n) is 12.4. The van der Waals surface area contributed by atoms with Crippen LogP contribution < -0.4 is 10.2 Å². The van der Waals surface area contributed by atoms with Crippen LogP contribution in [0.15, 0.2) is 24.3 Å². The highest BCUT2D eigenvalue weighted by atomic mass is 16.2. The molecule has 3 rings (SSSR count). The van der Waals surface area contributed by atoms with Gasteiger partial charge in [0, 0.05) is 30.8 Å². The Balaban J connectivity index is 1.81. The number of para-hydroxylation sites is 2. The van der Waals surface area contributed by atoms with E-state index in [2.05, 4.69) is 15.5 Å². The van der Waals surface area contributed by atoms with Crippen LogP contribution in [0.2, 0.25) is 0 Å². The molecule has 1 aromatic carbocycles. The number of nitrogens with zero attached hydrogens (tertiary/aromatic N) is 2. The Bertz CT molecular complexity index is 643. The van der Waals surface area contributed by atoms with E-state index in [4.69, 9.17) is 0 Å². The first-order valence-corrected chi connectivity index (χ1v) is 7.30. The number of carbonyl (C=O) groups is 1. The summed E-state index contributed by atoms with van der Waals surface area (Å²) in [6, 6.07) is 7.98. The Morgan fingerprint density at radius 2 is 2.14 bits per heavy atom. The number of rotatable bonds is 4. The largest absolute Gasteiger partial charge is 0.379 e. The van der Waals surface area contributed by atoms with Gasteiger partial charge < -0.3 is 10.2 Å². The first kappa shape index (κ1) is 13.7. The number of H-pyrrole nitrogens is 1. The van der Waals surface area contributed by atoms with Gasteiger partial charge in [-0.2, -0.15) is 5.10 Å².